The van der Waals surface area contributed by atoms with Crippen LogP contribution in [-0.4, -0.2) is 38.5 Å². The van der Waals surface area contributed by atoms with Crippen molar-refractivity contribution >= 4 is 17.7 Å². The number of carbonyl (C=O) groups is 1. The summed E-state index contributed by atoms with van der Waals surface area (Å²) in [4.78, 5) is 23.0. The molecule has 0 aliphatic carbocycles. The Kier molecular flexibility index (Phi) is 5.61. The SMILES string of the molecule is CCCNC(C)(CSc1n[nH]c(=O)n1CC)C(N)=O. The first-order chi connectivity index (χ1) is 8.94. The monoisotopic (exact) mass is 287 g/mol. The lowest BCUT2D eigenvalue weighted by molar-refractivity contribution is -0.122. The summed E-state index contributed by atoms with van der Waals surface area (Å²) in [7, 11) is 0. The van der Waals surface area contributed by atoms with Gasteiger partial charge >= 0.3 is 5.69 Å². The summed E-state index contributed by atoms with van der Waals surface area (Å²) in [6.45, 7) is 6.89. The minimum Gasteiger partial charge on any atom is -0.368 e. The van der Waals surface area contributed by atoms with Crippen LogP contribution in [0.4, 0.5) is 0 Å². The quantitative estimate of drug-likeness (QED) is 0.580. The van der Waals surface area contributed by atoms with E-state index >= 15 is 0 Å². The van der Waals surface area contributed by atoms with Crippen LogP contribution in [0.2, 0.25) is 0 Å². The highest BCUT2D eigenvalue weighted by Gasteiger charge is 2.31. The Morgan fingerprint density at radius 1 is 1.58 bits per heavy atom. The zero-order chi connectivity index (χ0) is 14.5. The smallest absolute Gasteiger partial charge is 0.343 e. The molecule has 0 spiro atoms. The maximum Gasteiger partial charge on any atom is 0.343 e. The second kappa shape index (κ2) is 6.76. The van der Waals surface area contributed by atoms with Gasteiger partial charge in [0.25, 0.3) is 0 Å². The van der Waals surface area contributed by atoms with Crippen molar-refractivity contribution in [3.63, 3.8) is 0 Å². The molecule has 19 heavy (non-hydrogen) atoms. The van der Waals surface area contributed by atoms with Gasteiger partial charge in [-0.3, -0.25) is 9.36 Å². The Balaban J connectivity index is 2.76. The van der Waals surface area contributed by atoms with Crippen LogP contribution in [0.15, 0.2) is 9.95 Å². The Bertz CT molecular complexity index is 484. The van der Waals surface area contributed by atoms with Crippen LogP contribution < -0.4 is 16.7 Å². The van der Waals surface area contributed by atoms with Crippen molar-refractivity contribution in [2.24, 2.45) is 5.73 Å². The Labute approximate surface area is 116 Å². The maximum atomic E-state index is 11.6. The number of nitrogens with two attached hydrogens (primary N) is 1. The van der Waals surface area contributed by atoms with Gasteiger partial charge in [0.15, 0.2) is 5.16 Å². The molecule has 4 N–H and O–H groups in total. The predicted molar refractivity (Wildman–Crippen MR) is 75.1 cm³/mol. The Hall–Kier alpha value is -1.28. The molecule has 0 saturated carbocycles. The molecule has 0 fully saturated rings. The van der Waals surface area contributed by atoms with Crippen LogP contribution in [0.25, 0.3) is 0 Å². The number of amides is 1. The van der Waals surface area contributed by atoms with E-state index in [0.717, 1.165) is 6.42 Å². The lowest BCUT2D eigenvalue weighted by atomic mass is 10.1. The number of H-pyrrole nitrogens is 1. The van der Waals surface area contributed by atoms with Gasteiger partial charge in [-0.2, -0.15) is 0 Å². The molecular formula is C11H21N5O2S. The van der Waals surface area contributed by atoms with Gasteiger partial charge in [0.1, 0.15) is 5.54 Å². The average molecular weight is 287 g/mol. The molecule has 0 aliphatic heterocycles. The lowest BCUT2D eigenvalue weighted by Gasteiger charge is -2.26. The number of thioether (sulfide) groups is 1. The molecule has 1 amide bonds. The second-order valence-corrected chi connectivity index (χ2v) is 5.41. The van der Waals surface area contributed by atoms with Gasteiger partial charge in [-0.15, -0.1) is 5.10 Å². The molecule has 1 aromatic rings. The van der Waals surface area contributed by atoms with Crippen molar-refractivity contribution in [2.75, 3.05) is 12.3 Å². The van der Waals surface area contributed by atoms with Crippen LogP contribution in [0, 0.1) is 0 Å². The fraction of sp³-hybridized carbons (Fsp3) is 0.727. The number of nitrogens with one attached hydrogen (secondary N) is 2. The van der Waals surface area contributed by atoms with Gasteiger partial charge in [-0.1, -0.05) is 18.7 Å². The van der Waals surface area contributed by atoms with E-state index < -0.39 is 11.4 Å². The molecule has 1 aromatic heterocycles. The second-order valence-electron chi connectivity index (χ2n) is 4.47. The largest absolute Gasteiger partial charge is 0.368 e. The minimum atomic E-state index is -0.811. The molecule has 0 aromatic carbocycles. The zero-order valence-corrected chi connectivity index (χ0v) is 12.3. The van der Waals surface area contributed by atoms with Crippen LogP contribution in [-0.2, 0) is 11.3 Å². The number of carbonyl (C=O) groups excluding carboxylic acids is 1. The number of hydrogen-bond acceptors (Lipinski definition) is 5. The summed E-state index contributed by atoms with van der Waals surface area (Å²) in [6, 6.07) is 0. The normalized spacial score (nSPS) is 14.3. The van der Waals surface area contributed by atoms with E-state index in [1.807, 2.05) is 13.8 Å². The van der Waals surface area contributed by atoms with Crippen molar-refractivity contribution in [3.8, 4) is 0 Å². The van der Waals surface area contributed by atoms with E-state index in [1.54, 1.807) is 6.92 Å². The first kappa shape index (κ1) is 15.8. The molecule has 0 saturated heterocycles. The van der Waals surface area contributed by atoms with Gasteiger partial charge in [0.05, 0.1) is 0 Å². The van der Waals surface area contributed by atoms with Crippen LogP contribution in [0.3, 0.4) is 0 Å². The summed E-state index contributed by atoms with van der Waals surface area (Å²) in [6.07, 6.45) is 0.912. The maximum absolute atomic E-state index is 11.6. The summed E-state index contributed by atoms with van der Waals surface area (Å²) < 4.78 is 1.52. The minimum absolute atomic E-state index is 0.243. The standard InChI is InChI=1S/C11H21N5O2S/c1-4-6-13-11(3,8(12)17)7-19-10-15-14-9(18)16(10)5-2/h13H,4-7H2,1-3H3,(H2,12,17)(H,14,18). The molecule has 1 unspecified atom stereocenters. The van der Waals surface area contributed by atoms with E-state index in [9.17, 15) is 9.59 Å². The highest BCUT2D eigenvalue weighted by Crippen LogP contribution is 2.19. The number of aromatic amines is 1. The number of aromatic nitrogens is 3. The van der Waals surface area contributed by atoms with Crippen LogP contribution >= 0.6 is 11.8 Å². The third kappa shape index (κ3) is 3.84. The fourth-order valence-electron chi connectivity index (χ4n) is 1.51. The molecule has 7 nitrogen and oxygen atoms in total. The molecule has 0 aliphatic rings. The van der Waals surface area contributed by atoms with Gasteiger partial charge in [0, 0.05) is 12.3 Å². The van der Waals surface area contributed by atoms with E-state index in [4.69, 9.17) is 5.73 Å². The van der Waals surface area contributed by atoms with E-state index in [2.05, 4.69) is 15.5 Å². The third-order valence-corrected chi connectivity index (χ3v) is 4.13. The predicted octanol–water partition coefficient (Wildman–Crippen LogP) is -0.0730. The van der Waals surface area contributed by atoms with Crippen molar-refractivity contribution in [1.29, 1.82) is 0 Å². The molecular weight excluding hydrogens is 266 g/mol. The summed E-state index contributed by atoms with van der Waals surface area (Å²) in [5, 5.41) is 10.0. The van der Waals surface area contributed by atoms with Crippen molar-refractivity contribution in [2.45, 2.75) is 44.4 Å². The highest BCUT2D eigenvalue weighted by atomic mass is 32.2. The van der Waals surface area contributed by atoms with Crippen LogP contribution in [0.5, 0.6) is 0 Å². The molecule has 1 rings (SSSR count). The topological polar surface area (TPSA) is 106 Å². The highest BCUT2D eigenvalue weighted by molar-refractivity contribution is 7.99. The molecule has 1 heterocycles. The number of primary amides is 1. The summed E-state index contributed by atoms with van der Waals surface area (Å²) in [5.41, 5.74) is 4.39. The van der Waals surface area contributed by atoms with Crippen molar-refractivity contribution in [1.82, 2.24) is 20.1 Å². The van der Waals surface area contributed by atoms with E-state index in [1.165, 1.54) is 16.3 Å². The number of nitrogens with zero attached hydrogens (tertiary/aromatic N) is 2. The van der Waals surface area contributed by atoms with Gasteiger partial charge in [0.2, 0.25) is 5.91 Å². The first-order valence-electron chi connectivity index (χ1n) is 6.27. The van der Waals surface area contributed by atoms with Gasteiger partial charge < -0.3 is 11.1 Å². The van der Waals surface area contributed by atoms with Crippen LogP contribution in [0.1, 0.15) is 27.2 Å². The molecule has 0 radical (unpaired) electrons. The lowest BCUT2D eigenvalue weighted by Crippen LogP contribution is -2.55. The third-order valence-electron chi connectivity index (χ3n) is 2.84. The summed E-state index contributed by atoms with van der Waals surface area (Å²) in [5.74, 6) is 0.0153. The first-order valence-corrected chi connectivity index (χ1v) is 7.26. The molecule has 1 atom stereocenters. The Morgan fingerprint density at radius 3 is 2.79 bits per heavy atom. The number of hydrogen-bond donors (Lipinski definition) is 3. The van der Waals surface area contributed by atoms with E-state index in [0.29, 0.717) is 24.0 Å². The van der Waals surface area contributed by atoms with Crippen molar-refractivity contribution < 1.29 is 4.79 Å². The average Bonchev–Trinajstić information content (AvgIpc) is 2.74. The van der Waals surface area contributed by atoms with Gasteiger partial charge in [-0.05, 0) is 26.8 Å². The van der Waals surface area contributed by atoms with Gasteiger partial charge in [-0.25, -0.2) is 9.89 Å². The van der Waals surface area contributed by atoms with Crippen molar-refractivity contribution in [3.05, 3.63) is 10.5 Å². The summed E-state index contributed by atoms with van der Waals surface area (Å²) >= 11 is 1.34. The Morgan fingerprint density at radius 2 is 2.26 bits per heavy atom. The molecule has 8 heteroatoms. The van der Waals surface area contributed by atoms with E-state index in [-0.39, 0.29) is 5.69 Å². The molecule has 108 valence electrons. The number of rotatable bonds is 8. The zero-order valence-electron chi connectivity index (χ0n) is 11.5. The molecule has 0 bridgehead atoms. The fourth-order valence-corrected chi connectivity index (χ4v) is 2.65.